The minimum atomic E-state index is -0.536. The van der Waals surface area contributed by atoms with Crippen LogP contribution in [0.15, 0.2) is 76.3 Å². The van der Waals surface area contributed by atoms with Crippen LogP contribution in [-0.4, -0.2) is 31.2 Å². The summed E-state index contributed by atoms with van der Waals surface area (Å²) in [6.45, 7) is 6.52. The lowest BCUT2D eigenvalue weighted by atomic mass is 10.1. The lowest BCUT2D eigenvalue weighted by Crippen LogP contribution is -2.29. The van der Waals surface area contributed by atoms with Gasteiger partial charge in [0.05, 0.1) is 24.0 Å². The number of aryl methyl sites for hydroxylation is 1. The summed E-state index contributed by atoms with van der Waals surface area (Å²) in [4.78, 5) is 40.1. The van der Waals surface area contributed by atoms with Crippen molar-refractivity contribution in [2.45, 2.75) is 33.9 Å². The lowest BCUT2D eigenvalue weighted by molar-refractivity contribution is 0.0949. The number of carbonyl (C=O) groups excluding carboxylic acids is 1. The molecule has 0 atom stereocenters. The van der Waals surface area contributed by atoms with Crippen molar-refractivity contribution in [1.82, 2.24) is 24.1 Å². The standard InChI is InChI=1S/C29H28FN5O3/c1-18(2)15-31-26(36)21-12-13-23-25(14-21)35-28(33(27(23)37)16-20-10-8-19(3)9-11-20)32-34(29(35)38)17-22-6-4-5-7-24(22)30/h4-14,18H,15-17H2,1-3H3,(H,31,36). The van der Waals surface area contributed by atoms with Crippen LogP contribution in [-0.2, 0) is 13.1 Å². The van der Waals surface area contributed by atoms with Crippen molar-refractivity contribution in [2.75, 3.05) is 6.54 Å². The minimum absolute atomic E-state index is 0.109. The van der Waals surface area contributed by atoms with Crippen LogP contribution in [0.3, 0.4) is 0 Å². The molecule has 0 bridgehead atoms. The molecule has 1 amide bonds. The molecular formula is C29H28FN5O3. The van der Waals surface area contributed by atoms with Gasteiger partial charge in [-0.05, 0) is 42.7 Å². The predicted molar refractivity (Wildman–Crippen MR) is 144 cm³/mol. The van der Waals surface area contributed by atoms with Crippen LogP contribution in [0, 0.1) is 18.7 Å². The number of hydrogen-bond donors (Lipinski definition) is 1. The molecule has 0 saturated carbocycles. The minimum Gasteiger partial charge on any atom is -0.352 e. The van der Waals surface area contributed by atoms with Gasteiger partial charge in [-0.2, -0.15) is 0 Å². The van der Waals surface area contributed by atoms with Crippen LogP contribution in [0.5, 0.6) is 0 Å². The summed E-state index contributed by atoms with van der Waals surface area (Å²) in [6, 6.07) is 18.6. The summed E-state index contributed by atoms with van der Waals surface area (Å²) in [5, 5.41) is 7.61. The summed E-state index contributed by atoms with van der Waals surface area (Å²) in [6.07, 6.45) is 0. The smallest absolute Gasteiger partial charge is 0.352 e. The van der Waals surface area contributed by atoms with Crippen LogP contribution < -0.4 is 16.6 Å². The van der Waals surface area contributed by atoms with Crippen molar-refractivity contribution >= 4 is 22.6 Å². The number of carbonyl (C=O) groups is 1. The molecular weight excluding hydrogens is 485 g/mol. The maximum Gasteiger partial charge on any atom is 0.352 e. The lowest BCUT2D eigenvalue weighted by Gasteiger charge is -2.12. The second-order valence-electron chi connectivity index (χ2n) is 9.88. The maximum absolute atomic E-state index is 14.4. The average Bonchev–Trinajstić information content (AvgIpc) is 3.22. The molecule has 0 spiro atoms. The Morgan fingerprint density at radius 1 is 1.00 bits per heavy atom. The Balaban J connectivity index is 1.72. The quantitative estimate of drug-likeness (QED) is 0.359. The van der Waals surface area contributed by atoms with Crippen LogP contribution in [0.4, 0.5) is 4.39 Å². The first kappa shape index (κ1) is 25.1. The first-order valence-corrected chi connectivity index (χ1v) is 12.5. The summed E-state index contributed by atoms with van der Waals surface area (Å²) >= 11 is 0. The molecule has 1 N–H and O–H groups in total. The van der Waals surface area contributed by atoms with Crippen LogP contribution in [0.1, 0.15) is 40.9 Å². The van der Waals surface area contributed by atoms with Crippen LogP contribution in [0.25, 0.3) is 16.7 Å². The molecule has 0 aliphatic heterocycles. The SMILES string of the molecule is Cc1ccc(Cn2c(=O)c3ccc(C(=O)NCC(C)C)cc3n3c(=O)n(Cc4ccccc4F)nc23)cc1. The molecule has 3 aromatic carbocycles. The molecule has 9 heteroatoms. The third-order valence-corrected chi connectivity index (χ3v) is 6.45. The number of nitrogens with zero attached hydrogens (tertiary/aromatic N) is 4. The van der Waals surface area contributed by atoms with E-state index in [1.165, 1.54) is 21.1 Å². The van der Waals surface area contributed by atoms with Gasteiger partial charge < -0.3 is 5.32 Å². The maximum atomic E-state index is 14.4. The van der Waals surface area contributed by atoms with Crippen LogP contribution >= 0.6 is 0 Å². The van der Waals surface area contributed by atoms with E-state index in [2.05, 4.69) is 10.4 Å². The number of benzene rings is 3. The van der Waals surface area contributed by atoms with E-state index >= 15 is 0 Å². The third-order valence-electron chi connectivity index (χ3n) is 6.45. The number of hydrogen-bond acceptors (Lipinski definition) is 4. The number of halogens is 1. The Bertz CT molecular complexity index is 1780. The summed E-state index contributed by atoms with van der Waals surface area (Å²) in [5.41, 5.74) is 1.95. The van der Waals surface area contributed by atoms with E-state index in [0.29, 0.717) is 17.7 Å². The van der Waals surface area contributed by atoms with Crippen molar-refractivity contribution in [2.24, 2.45) is 5.92 Å². The molecule has 5 rings (SSSR count). The number of rotatable bonds is 7. The summed E-state index contributed by atoms with van der Waals surface area (Å²) in [7, 11) is 0. The highest BCUT2D eigenvalue weighted by Crippen LogP contribution is 2.16. The van der Waals surface area contributed by atoms with Gasteiger partial charge >= 0.3 is 5.69 Å². The van der Waals surface area contributed by atoms with E-state index in [1.54, 1.807) is 30.3 Å². The molecule has 0 aliphatic rings. The fourth-order valence-electron chi connectivity index (χ4n) is 4.37. The van der Waals surface area contributed by atoms with Gasteiger partial charge in [-0.1, -0.05) is 61.9 Å². The molecule has 0 saturated heterocycles. The molecule has 0 fully saturated rings. The van der Waals surface area contributed by atoms with E-state index in [9.17, 15) is 18.8 Å². The molecule has 8 nitrogen and oxygen atoms in total. The Morgan fingerprint density at radius 3 is 2.45 bits per heavy atom. The molecule has 194 valence electrons. The highest BCUT2D eigenvalue weighted by atomic mass is 19.1. The predicted octanol–water partition coefficient (Wildman–Crippen LogP) is 3.74. The number of aromatic nitrogens is 4. The molecule has 0 radical (unpaired) electrons. The van der Waals surface area contributed by atoms with E-state index < -0.39 is 11.5 Å². The van der Waals surface area contributed by atoms with Gasteiger partial charge in [-0.15, -0.1) is 5.10 Å². The fourth-order valence-corrected chi connectivity index (χ4v) is 4.37. The Hall–Kier alpha value is -4.53. The van der Waals surface area contributed by atoms with Gasteiger partial charge in [0.1, 0.15) is 5.82 Å². The highest BCUT2D eigenvalue weighted by molar-refractivity contribution is 5.98. The highest BCUT2D eigenvalue weighted by Gasteiger charge is 2.20. The summed E-state index contributed by atoms with van der Waals surface area (Å²) < 4.78 is 18.3. The monoisotopic (exact) mass is 513 g/mol. The third kappa shape index (κ3) is 4.74. The molecule has 0 aliphatic carbocycles. The van der Waals surface area contributed by atoms with Gasteiger partial charge in [0.15, 0.2) is 0 Å². The van der Waals surface area contributed by atoms with Crippen molar-refractivity contribution in [3.05, 3.63) is 116 Å². The van der Waals surface area contributed by atoms with E-state index in [4.69, 9.17) is 0 Å². The van der Waals surface area contributed by atoms with Gasteiger partial charge in [0.25, 0.3) is 11.5 Å². The zero-order valence-corrected chi connectivity index (χ0v) is 21.4. The fraction of sp³-hybridized carbons (Fsp3) is 0.241. The molecule has 2 heterocycles. The molecule has 38 heavy (non-hydrogen) atoms. The van der Waals surface area contributed by atoms with Gasteiger partial charge in [0.2, 0.25) is 5.78 Å². The van der Waals surface area contributed by atoms with Gasteiger partial charge in [-0.3, -0.25) is 14.2 Å². The Kier molecular flexibility index (Phi) is 6.67. The first-order valence-electron chi connectivity index (χ1n) is 12.5. The van der Waals surface area contributed by atoms with Crippen molar-refractivity contribution in [3.8, 4) is 0 Å². The normalized spacial score (nSPS) is 11.5. The molecule has 0 unspecified atom stereocenters. The van der Waals surface area contributed by atoms with Gasteiger partial charge in [0, 0.05) is 17.7 Å². The topological polar surface area (TPSA) is 90.4 Å². The summed E-state index contributed by atoms with van der Waals surface area (Å²) in [5.74, 6) is -0.379. The van der Waals surface area contributed by atoms with Crippen molar-refractivity contribution in [3.63, 3.8) is 0 Å². The first-order chi connectivity index (χ1) is 18.2. The average molecular weight is 514 g/mol. The second kappa shape index (κ2) is 10.1. The van der Waals surface area contributed by atoms with Crippen molar-refractivity contribution < 1.29 is 9.18 Å². The van der Waals surface area contributed by atoms with E-state index in [0.717, 1.165) is 15.8 Å². The molecule has 2 aromatic heterocycles. The zero-order chi connectivity index (χ0) is 27.0. The van der Waals surface area contributed by atoms with Crippen LogP contribution in [0.2, 0.25) is 0 Å². The largest absolute Gasteiger partial charge is 0.352 e. The number of amides is 1. The van der Waals surface area contributed by atoms with Crippen molar-refractivity contribution in [1.29, 1.82) is 0 Å². The number of nitrogens with one attached hydrogen (secondary N) is 1. The second-order valence-corrected chi connectivity index (χ2v) is 9.88. The van der Waals surface area contributed by atoms with E-state index in [1.807, 2.05) is 45.0 Å². The Labute approximate surface area is 218 Å². The Morgan fingerprint density at radius 2 is 1.74 bits per heavy atom. The van der Waals surface area contributed by atoms with Gasteiger partial charge in [-0.25, -0.2) is 18.3 Å². The molecule has 5 aromatic rings. The van der Waals surface area contributed by atoms with E-state index in [-0.39, 0.29) is 47.2 Å². The number of fused-ring (bicyclic) bond motifs is 3. The zero-order valence-electron chi connectivity index (χ0n) is 21.4.